The second-order valence-corrected chi connectivity index (χ2v) is 11.0. The van der Waals surface area contributed by atoms with E-state index in [9.17, 15) is 9.59 Å². The molecule has 0 bridgehead atoms. The molecular weight excluding hydrogens is 537 g/mol. The van der Waals surface area contributed by atoms with Gasteiger partial charge in [0.05, 0.1) is 12.5 Å². The standard InChI is InChI=1S/C28H36IN3O2/c1-5-21(6-2)18-30-10-12-31(13-11-30)27(33)17-26-24-14-19(3)20(4)15-25(24)28(34)32(26)23-9-7-8-22(29)16-23/h7-9,14-16,21,26H,5-6,10-13,17-18H2,1-4H3. The molecule has 0 N–H and O–H groups in total. The summed E-state index contributed by atoms with van der Waals surface area (Å²) in [4.78, 5) is 33.4. The predicted octanol–water partition coefficient (Wildman–Crippen LogP) is 5.58. The first-order chi connectivity index (χ1) is 16.3. The van der Waals surface area contributed by atoms with Gasteiger partial charge in [0.15, 0.2) is 0 Å². The average Bonchev–Trinajstić information content (AvgIpc) is 3.08. The minimum Gasteiger partial charge on any atom is -0.340 e. The summed E-state index contributed by atoms with van der Waals surface area (Å²) in [6.07, 6.45) is 2.73. The summed E-state index contributed by atoms with van der Waals surface area (Å²) in [6.45, 7) is 13.2. The number of amides is 2. The fraction of sp³-hybridized carbons (Fsp3) is 0.500. The molecule has 34 heavy (non-hydrogen) atoms. The quantitative estimate of drug-likeness (QED) is 0.407. The van der Waals surface area contributed by atoms with Crippen LogP contribution in [0.3, 0.4) is 0 Å². The van der Waals surface area contributed by atoms with E-state index in [1.165, 1.54) is 12.8 Å². The lowest BCUT2D eigenvalue weighted by Crippen LogP contribution is -2.50. The van der Waals surface area contributed by atoms with E-state index in [-0.39, 0.29) is 17.9 Å². The molecule has 2 aliphatic rings. The molecule has 2 aliphatic heterocycles. The van der Waals surface area contributed by atoms with E-state index in [2.05, 4.69) is 54.3 Å². The second kappa shape index (κ2) is 10.8. The number of aryl methyl sites for hydroxylation is 2. The van der Waals surface area contributed by atoms with Gasteiger partial charge in [-0.3, -0.25) is 14.5 Å². The lowest BCUT2D eigenvalue weighted by atomic mass is 9.96. The van der Waals surface area contributed by atoms with Gasteiger partial charge in [0, 0.05) is 47.5 Å². The Kier molecular flexibility index (Phi) is 7.97. The van der Waals surface area contributed by atoms with E-state index in [4.69, 9.17) is 0 Å². The number of rotatable bonds is 7. The summed E-state index contributed by atoms with van der Waals surface area (Å²) < 4.78 is 1.07. The van der Waals surface area contributed by atoms with Gasteiger partial charge < -0.3 is 9.80 Å². The maximum absolute atomic E-state index is 13.5. The van der Waals surface area contributed by atoms with Crippen LogP contribution in [-0.4, -0.2) is 54.3 Å². The number of piperazine rings is 1. The first-order valence-corrected chi connectivity index (χ1v) is 13.6. The smallest absolute Gasteiger partial charge is 0.259 e. The van der Waals surface area contributed by atoms with Gasteiger partial charge in [0.25, 0.3) is 5.91 Å². The molecule has 6 heteroatoms. The Morgan fingerprint density at radius 1 is 1.03 bits per heavy atom. The van der Waals surface area contributed by atoms with Crippen LogP contribution < -0.4 is 4.90 Å². The zero-order valence-electron chi connectivity index (χ0n) is 20.8. The van der Waals surface area contributed by atoms with E-state index in [0.717, 1.165) is 70.2 Å². The largest absolute Gasteiger partial charge is 0.340 e. The van der Waals surface area contributed by atoms with Crippen molar-refractivity contribution in [1.29, 1.82) is 0 Å². The van der Waals surface area contributed by atoms with Crippen molar-refractivity contribution in [1.82, 2.24) is 9.80 Å². The van der Waals surface area contributed by atoms with Crippen molar-refractivity contribution in [2.24, 2.45) is 5.92 Å². The molecule has 4 rings (SSSR count). The number of fused-ring (bicyclic) bond motifs is 1. The normalized spacial score (nSPS) is 18.6. The minimum absolute atomic E-state index is 0.00658. The van der Waals surface area contributed by atoms with E-state index in [0.29, 0.717) is 6.42 Å². The Morgan fingerprint density at radius 3 is 2.35 bits per heavy atom. The summed E-state index contributed by atoms with van der Waals surface area (Å²) in [5.41, 5.74) is 4.83. The van der Waals surface area contributed by atoms with Crippen molar-refractivity contribution >= 4 is 40.1 Å². The maximum Gasteiger partial charge on any atom is 0.259 e. The number of nitrogens with zero attached hydrogens (tertiary/aromatic N) is 3. The average molecular weight is 574 g/mol. The summed E-state index contributed by atoms with van der Waals surface area (Å²) in [6, 6.07) is 11.8. The number of anilines is 1. The summed E-state index contributed by atoms with van der Waals surface area (Å²) in [5, 5.41) is 0. The number of hydrogen-bond acceptors (Lipinski definition) is 3. The van der Waals surface area contributed by atoms with Gasteiger partial charge in [-0.05, 0) is 83.3 Å². The third kappa shape index (κ3) is 5.18. The van der Waals surface area contributed by atoms with Crippen LogP contribution in [0.25, 0.3) is 0 Å². The van der Waals surface area contributed by atoms with Crippen LogP contribution in [0.4, 0.5) is 5.69 Å². The molecule has 2 aromatic rings. The number of halogens is 1. The van der Waals surface area contributed by atoms with Crippen molar-refractivity contribution in [2.45, 2.75) is 53.0 Å². The Morgan fingerprint density at radius 2 is 1.71 bits per heavy atom. The first kappa shape index (κ1) is 25.2. The van der Waals surface area contributed by atoms with Gasteiger partial charge >= 0.3 is 0 Å². The van der Waals surface area contributed by atoms with Crippen LogP contribution >= 0.6 is 22.6 Å². The Balaban J connectivity index is 1.54. The Labute approximate surface area is 217 Å². The highest BCUT2D eigenvalue weighted by molar-refractivity contribution is 14.1. The molecule has 1 atom stereocenters. The fourth-order valence-corrected chi connectivity index (χ4v) is 5.75. The van der Waals surface area contributed by atoms with Crippen molar-refractivity contribution < 1.29 is 9.59 Å². The molecule has 0 spiro atoms. The van der Waals surface area contributed by atoms with E-state index >= 15 is 0 Å². The van der Waals surface area contributed by atoms with Crippen LogP contribution in [0, 0.1) is 23.3 Å². The summed E-state index contributed by atoms with van der Waals surface area (Å²) >= 11 is 2.27. The van der Waals surface area contributed by atoms with Crippen LogP contribution in [0.15, 0.2) is 36.4 Å². The van der Waals surface area contributed by atoms with E-state index in [1.54, 1.807) is 0 Å². The number of carbonyl (C=O) groups is 2. The fourth-order valence-electron chi connectivity index (χ4n) is 5.22. The van der Waals surface area contributed by atoms with Gasteiger partial charge in [-0.2, -0.15) is 0 Å². The number of benzene rings is 2. The molecule has 1 unspecified atom stereocenters. The SMILES string of the molecule is CCC(CC)CN1CCN(C(=O)CC2c3cc(C)c(C)cc3C(=O)N2c2cccc(I)c2)CC1. The Bertz CT molecular complexity index is 1060. The van der Waals surface area contributed by atoms with Crippen molar-refractivity contribution in [3.05, 3.63) is 62.2 Å². The van der Waals surface area contributed by atoms with Gasteiger partial charge in [0.1, 0.15) is 0 Å². The van der Waals surface area contributed by atoms with Gasteiger partial charge in [-0.25, -0.2) is 0 Å². The van der Waals surface area contributed by atoms with Gasteiger partial charge in [-0.1, -0.05) is 38.8 Å². The third-order valence-electron chi connectivity index (χ3n) is 7.64. The Hall–Kier alpha value is -1.93. The molecule has 0 saturated carbocycles. The monoisotopic (exact) mass is 573 g/mol. The molecule has 0 radical (unpaired) electrons. The molecule has 1 fully saturated rings. The topological polar surface area (TPSA) is 43.9 Å². The molecule has 0 aliphatic carbocycles. The van der Waals surface area contributed by atoms with Crippen LogP contribution in [0.2, 0.25) is 0 Å². The maximum atomic E-state index is 13.5. The van der Waals surface area contributed by atoms with Crippen LogP contribution in [0.5, 0.6) is 0 Å². The number of carbonyl (C=O) groups excluding carboxylic acids is 2. The highest BCUT2D eigenvalue weighted by Crippen LogP contribution is 2.41. The van der Waals surface area contributed by atoms with Crippen LogP contribution in [-0.2, 0) is 4.79 Å². The summed E-state index contributed by atoms with van der Waals surface area (Å²) in [7, 11) is 0. The highest BCUT2D eigenvalue weighted by Gasteiger charge is 2.40. The lowest BCUT2D eigenvalue weighted by Gasteiger charge is -2.37. The second-order valence-electron chi connectivity index (χ2n) is 9.76. The molecule has 5 nitrogen and oxygen atoms in total. The highest BCUT2D eigenvalue weighted by atomic mass is 127. The van der Waals surface area contributed by atoms with Gasteiger partial charge in [-0.15, -0.1) is 0 Å². The molecule has 182 valence electrons. The van der Waals surface area contributed by atoms with Crippen molar-refractivity contribution in [3.63, 3.8) is 0 Å². The molecular formula is C28H36IN3O2. The number of hydrogen-bond donors (Lipinski definition) is 0. The molecule has 2 heterocycles. The van der Waals surface area contributed by atoms with Gasteiger partial charge in [0.2, 0.25) is 5.91 Å². The summed E-state index contributed by atoms with van der Waals surface area (Å²) in [5.74, 6) is 0.867. The van der Waals surface area contributed by atoms with Crippen molar-refractivity contribution in [2.75, 3.05) is 37.6 Å². The predicted molar refractivity (Wildman–Crippen MR) is 146 cm³/mol. The molecule has 0 aromatic heterocycles. The zero-order chi connectivity index (χ0) is 24.4. The first-order valence-electron chi connectivity index (χ1n) is 12.5. The molecule has 2 aromatic carbocycles. The zero-order valence-corrected chi connectivity index (χ0v) is 23.0. The van der Waals surface area contributed by atoms with E-state index < -0.39 is 0 Å². The minimum atomic E-state index is -0.268. The lowest BCUT2D eigenvalue weighted by molar-refractivity contribution is -0.133. The molecule has 2 amide bonds. The molecule has 1 saturated heterocycles. The van der Waals surface area contributed by atoms with E-state index in [1.807, 2.05) is 47.1 Å². The van der Waals surface area contributed by atoms with Crippen molar-refractivity contribution in [3.8, 4) is 0 Å². The van der Waals surface area contributed by atoms with Crippen LogP contribution in [0.1, 0.15) is 66.2 Å². The third-order valence-corrected chi connectivity index (χ3v) is 8.31.